The van der Waals surface area contributed by atoms with Crippen molar-refractivity contribution in [3.8, 4) is 0 Å². The van der Waals surface area contributed by atoms with Crippen molar-refractivity contribution in [3.63, 3.8) is 0 Å². The lowest BCUT2D eigenvalue weighted by Crippen LogP contribution is -2.43. The van der Waals surface area contributed by atoms with Gasteiger partial charge in [-0.15, -0.1) is 0 Å². The second-order valence-electron chi connectivity index (χ2n) is 7.14. The van der Waals surface area contributed by atoms with Crippen molar-refractivity contribution in [1.82, 2.24) is 10.2 Å². The highest BCUT2D eigenvalue weighted by atomic mass is 32.1. The Balaban J connectivity index is 1.41. The number of likely N-dealkylation sites (tertiary alicyclic amines) is 1. The second kappa shape index (κ2) is 5.95. The first-order valence-corrected chi connectivity index (χ1v) is 9.33. The summed E-state index contributed by atoms with van der Waals surface area (Å²) in [5.74, 6) is 0.636. The maximum Gasteiger partial charge on any atom is 0.252 e. The summed E-state index contributed by atoms with van der Waals surface area (Å²) in [6, 6.07) is 2.66. The molecule has 120 valence electrons. The molecule has 2 atom stereocenters. The molecule has 1 aromatic heterocycles. The van der Waals surface area contributed by atoms with Crippen molar-refractivity contribution in [2.45, 2.75) is 31.7 Å². The topological polar surface area (TPSA) is 41.6 Å². The van der Waals surface area contributed by atoms with Crippen LogP contribution in [0.5, 0.6) is 0 Å². The predicted molar refractivity (Wildman–Crippen MR) is 87.2 cm³/mol. The van der Waals surface area contributed by atoms with E-state index in [2.05, 4.69) is 10.2 Å². The molecule has 0 radical (unpaired) electrons. The van der Waals surface area contributed by atoms with Gasteiger partial charge in [0.25, 0.3) is 5.91 Å². The van der Waals surface area contributed by atoms with E-state index in [0.717, 1.165) is 44.5 Å². The fourth-order valence-corrected chi connectivity index (χ4v) is 5.06. The van der Waals surface area contributed by atoms with E-state index >= 15 is 0 Å². The van der Waals surface area contributed by atoms with E-state index in [1.54, 1.807) is 11.3 Å². The van der Waals surface area contributed by atoms with Crippen LogP contribution in [0.4, 0.5) is 0 Å². The Labute approximate surface area is 135 Å². The lowest BCUT2D eigenvalue weighted by atomic mass is 9.81. The number of carbonyl (C=O) groups is 1. The Morgan fingerprint density at radius 2 is 2.32 bits per heavy atom. The molecular formula is C17H24N2O2S. The Morgan fingerprint density at radius 3 is 3.09 bits per heavy atom. The van der Waals surface area contributed by atoms with Crippen LogP contribution in [0.1, 0.15) is 36.0 Å². The van der Waals surface area contributed by atoms with E-state index in [9.17, 15) is 4.79 Å². The van der Waals surface area contributed by atoms with Crippen molar-refractivity contribution >= 4 is 17.2 Å². The van der Waals surface area contributed by atoms with Gasteiger partial charge in [0.15, 0.2) is 0 Å². The van der Waals surface area contributed by atoms with Crippen LogP contribution in [0.3, 0.4) is 0 Å². The molecular weight excluding hydrogens is 296 g/mol. The van der Waals surface area contributed by atoms with Crippen molar-refractivity contribution in [3.05, 3.63) is 22.4 Å². The summed E-state index contributed by atoms with van der Waals surface area (Å²) in [4.78, 5) is 14.9. The van der Waals surface area contributed by atoms with Gasteiger partial charge in [0.1, 0.15) is 0 Å². The highest BCUT2D eigenvalue weighted by Gasteiger charge is 2.51. The van der Waals surface area contributed by atoms with E-state index in [0.29, 0.717) is 5.92 Å². The molecule has 0 spiro atoms. The minimum Gasteiger partial charge on any atom is -0.380 e. The Morgan fingerprint density at radius 1 is 1.45 bits per heavy atom. The molecule has 3 heterocycles. The number of nitrogens with zero attached hydrogens (tertiary/aromatic N) is 1. The normalized spacial score (nSPS) is 32.5. The first-order valence-electron chi connectivity index (χ1n) is 8.39. The zero-order valence-electron chi connectivity index (χ0n) is 12.9. The molecule has 1 N–H and O–H groups in total. The van der Waals surface area contributed by atoms with E-state index in [-0.39, 0.29) is 11.3 Å². The number of thiophene rings is 1. The van der Waals surface area contributed by atoms with Gasteiger partial charge in [-0.3, -0.25) is 9.69 Å². The SMILES string of the molecule is O=C(NC[C@]12COC[C@H]1CN(C1CCCC1)C2)c1ccsc1. The molecule has 4 rings (SSSR count). The molecule has 1 aromatic rings. The fraction of sp³-hybridized carbons (Fsp3) is 0.706. The first kappa shape index (κ1) is 14.7. The van der Waals surface area contributed by atoms with Crippen molar-refractivity contribution < 1.29 is 9.53 Å². The van der Waals surface area contributed by atoms with Crippen LogP contribution in [0, 0.1) is 11.3 Å². The van der Waals surface area contributed by atoms with E-state index in [1.807, 2.05) is 16.8 Å². The third kappa shape index (κ3) is 2.59. The van der Waals surface area contributed by atoms with Crippen LogP contribution in [0.15, 0.2) is 16.8 Å². The van der Waals surface area contributed by atoms with Gasteiger partial charge in [-0.2, -0.15) is 11.3 Å². The number of ether oxygens (including phenoxy) is 1. The van der Waals surface area contributed by atoms with Gasteiger partial charge >= 0.3 is 0 Å². The van der Waals surface area contributed by atoms with Crippen LogP contribution >= 0.6 is 11.3 Å². The average molecular weight is 320 g/mol. The van der Waals surface area contributed by atoms with E-state index in [4.69, 9.17) is 4.74 Å². The Hall–Kier alpha value is -0.910. The summed E-state index contributed by atoms with van der Waals surface area (Å²) in [7, 11) is 0. The maximum atomic E-state index is 12.2. The number of amides is 1. The molecule has 22 heavy (non-hydrogen) atoms. The minimum atomic E-state index is 0.0561. The molecule has 4 nitrogen and oxygen atoms in total. The minimum absolute atomic E-state index is 0.0561. The van der Waals surface area contributed by atoms with Gasteiger partial charge in [-0.05, 0) is 24.3 Å². The number of hydrogen-bond acceptors (Lipinski definition) is 4. The number of hydrogen-bond donors (Lipinski definition) is 1. The molecule has 0 aromatic carbocycles. The quantitative estimate of drug-likeness (QED) is 0.926. The third-order valence-corrected chi connectivity index (χ3v) is 6.46. The molecule has 0 bridgehead atoms. The molecule has 0 unspecified atom stereocenters. The molecule has 5 heteroatoms. The van der Waals surface area contributed by atoms with Gasteiger partial charge in [-0.25, -0.2) is 0 Å². The highest BCUT2D eigenvalue weighted by molar-refractivity contribution is 7.08. The average Bonchev–Trinajstić information content (AvgIpc) is 3.27. The first-order chi connectivity index (χ1) is 10.8. The van der Waals surface area contributed by atoms with Crippen LogP contribution < -0.4 is 5.32 Å². The molecule has 1 amide bonds. The second-order valence-corrected chi connectivity index (χ2v) is 7.92. The van der Waals surface area contributed by atoms with Crippen molar-refractivity contribution in [1.29, 1.82) is 0 Å². The number of fused-ring (bicyclic) bond motifs is 1. The van der Waals surface area contributed by atoms with Crippen LogP contribution in [-0.4, -0.2) is 49.7 Å². The van der Waals surface area contributed by atoms with Crippen LogP contribution in [0.25, 0.3) is 0 Å². The summed E-state index contributed by atoms with van der Waals surface area (Å²) in [6.45, 7) is 4.64. The standard InChI is InChI=1S/C17H24N2O2S/c20-16(13-5-6-22-9-13)18-10-17-11-19(15-3-1-2-4-15)7-14(17)8-21-12-17/h5-6,9,14-15H,1-4,7-8,10-12H2,(H,18,20)/t14-,17+/m1/s1. The predicted octanol–water partition coefficient (Wildman–Crippen LogP) is 2.37. The fourth-order valence-electron chi connectivity index (χ4n) is 4.42. The molecule has 2 aliphatic heterocycles. The number of carbonyl (C=O) groups excluding carboxylic acids is 1. The van der Waals surface area contributed by atoms with Gasteiger partial charge in [0, 0.05) is 48.0 Å². The zero-order valence-corrected chi connectivity index (χ0v) is 13.7. The van der Waals surface area contributed by atoms with E-state index < -0.39 is 0 Å². The Kier molecular flexibility index (Phi) is 3.96. The molecule has 3 fully saturated rings. The summed E-state index contributed by atoms with van der Waals surface area (Å²) < 4.78 is 5.77. The molecule has 1 saturated carbocycles. The summed E-state index contributed by atoms with van der Waals surface area (Å²) in [5.41, 5.74) is 0.913. The lowest BCUT2D eigenvalue weighted by Gasteiger charge is -2.29. The Bertz CT molecular complexity index is 527. The maximum absolute atomic E-state index is 12.2. The third-order valence-electron chi connectivity index (χ3n) is 5.77. The largest absolute Gasteiger partial charge is 0.380 e. The van der Waals surface area contributed by atoms with Gasteiger partial charge in [0.05, 0.1) is 13.2 Å². The van der Waals surface area contributed by atoms with Gasteiger partial charge < -0.3 is 10.1 Å². The summed E-state index contributed by atoms with van der Waals surface area (Å²) in [5, 5.41) is 7.02. The lowest BCUT2D eigenvalue weighted by molar-refractivity contribution is 0.0893. The summed E-state index contributed by atoms with van der Waals surface area (Å²) >= 11 is 1.57. The number of nitrogens with one attached hydrogen (secondary N) is 1. The monoisotopic (exact) mass is 320 g/mol. The molecule has 3 aliphatic rings. The smallest absolute Gasteiger partial charge is 0.252 e. The van der Waals surface area contributed by atoms with Crippen molar-refractivity contribution in [2.24, 2.45) is 11.3 Å². The van der Waals surface area contributed by atoms with E-state index in [1.165, 1.54) is 25.7 Å². The zero-order chi connectivity index (χ0) is 15.0. The summed E-state index contributed by atoms with van der Waals surface area (Å²) in [6.07, 6.45) is 5.46. The van der Waals surface area contributed by atoms with Crippen LogP contribution in [-0.2, 0) is 4.74 Å². The van der Waals surface area contributed by atoms with Crippen LogP contribution in [0.2, 0.25) is 0 Å². The molecule has 2 saturated heterocycles. The van der Waals surface area contributed by atoms with Crippen molar-refractivity contribution in [2.75, 3.05) is 32.8 Å². The van der Waals surface area contributed by atoms with Gasteiger partial charge in [0.2, 0.25) is 0 Å². The number of rotatable bonds is 4. The van der Waals surface area contributed by atoms with Gasteiger partial charge in [-0.1, -0.05) is 12.8 Å². The molecule has 1 aliphatic carbocycles. The highest BCUT2D eigenvalue weighted by Crippen LogP contribution is 2.43.